The number of anilines is 1. The number of ether oxygens (including phenoxy) is 1. The molecule has 0 spiro atoms. The van der Waals surface area contributed by atoms with Crippen LogP contribution in [0.5, 0.6) is 5.75 Å². The van der Waals surface area contributed by atoms with Crippen molar-refractivity contribution in [2.75, 3.05) is 18.6 Å². The summed E-state index contributed by atoms with van der Waals surface area (Å²) in [5, 5.41) is 0. The number of pyridine rings is 1. The van der Waals surface area contributed by atoms with Crippen LogP contribution in [-0.2, 0) is 4.79 Å². The van der Waals surface area contributed by atoms with Crippen LogP contribution in [0.3, 0.4) is 0 Å². The molecule has 6 nitrogen and oxygen atoms in total. The molecule has 0 aliphatic carbocycles. The Balaban J connectivity index is 1.58. The number of hydrogen-bond donors (Lipinski definition) is 1. The number of aromatic nitrogens is 3. The zero-order valence-electron chi connectivity index (χ0n) is 13.8. The molecule has 0 saturated carbocycles. The Labute approximate surface area is 145 Å². The zero-order valence-corrected chi connectivity index (χ0v) is 13.8. The quantitative estimate of drug-likeness (QED) is 0.796. The third-order valence-corrected chi connectivity index (χ3v) is 4.46. The first-order valence-corrected chi connectivity index (χ1v) is 8.15. The Morgan fingerprint density at radius 3 is 2.88 bits per heavy atom. The van der Waals surface area contributed by atoms with Gasteiger partial charge in [0, 0.05) is 36.8 Å². The summed E-state index contributed by atoms with van der Waals surface area (Å²) in [6, 6.07) is 11.4. The first-order valence-electron chi connectivity index (χ1n) is 8.15. The molecule has 2 aromatic heterocycles. The lowest BCUT2D eigenvalue weighted by Gasteiger charge is -2.19. The number of hydrogen-bond acceptors (Lipinski definition) is 4. The SMILES string of the molecule is COc1ccccc1N1C[C@H](c2ncc(-c3cccnc3)[nH]2)CC1=O. The molecular weight excluding hydrogens is 316 g/mol. The number of H-pyrrole nitrogens is 1. The van der Waals surface area contributed by atoms with Gasteiger partial charge in [-0.2, -0.15) is 0 Å². The third kappa shape index (κ3) is 2.87. The average Bonchev–Trinajstić information content (AvgIpc) is 3.29. The highest BCUT2D eigenvalue weighted by atomic mass is 16.5. The van der Waals surface area contributed by atoms with Crippen molar-refractivity contribution in [1.29, 1.82) is 0 Å². The van der Waals surface area contributed by atoms with Crippen LogP contribution in [-0.4, -0.2) is 34.5 Å². The summed E-state index contributed by atoms with van der Waals surface area (Å²) < 4.78 is 5.38. The molecular formula is C19H18N4O2. The molecule has 25 heavy (non-hydrogen) atoms. The number of amides is 1. The van der Waals surface area contributed by atoms with Gasteiger partial charge in [-0.1, -0.05) is 12.1 Å². The molecule has 1 atom stereocenters. The van der Waals surface area contributed by atoms with Crippen LogP contribution in [0, 0.1) is 0 Å². The average molecular weight is 334 g/mol. The van der Waals surface area contributed by atoms with E-state index in [2.05, 4.69) is 15.0 Å². The van der Waals surface area contributed by atoms with Crippen LogP contribution in [0.4, 0.5) is 5.69 Å². The Hall–Kier alpha value is -3.15. The smallest absolute Gasteiger partial charge is 0.227 e. The van der Waals surface area contributed by atoms with Crippen molar-refractivity contribution in [1.82, 2.24) is 15.0 Å². The van der Waals surface area contributed by atoms with Crippen LogP contribution in [0.25, 0.3) is 11.3 Å². The van der Waals surface area contributed by atoms with Crippen LogP contribution >= 0.6 is 0 Å². The number of benzene rings is 1. The van der Waals surface area contributed by atoms with Gasteiger partial charge in [0.1, 0.15) is 11.6 Å². The molecule has 126 valence electrons. The molecule has 1 N–H and O–H groups in total. The van der Waals surface area contributed by atoms with Crippen molar-refractivity contribution < 1.29 is 9.53 Å². The monoisotopic (exact) mass is 334 g/mol. The van der Waals surface area contributed by atoms with E-state index in [1.165, 1.54) is 0 Å². The van der Waals surface area contributed by atoms with Gasteiger partial charge < -0.3 is 14.6 Å². The molecule has 3 heterocycles. The van der Waals surface area contributed by atoms with E-state index in [0.717, 1.165) is 22.8 Å². The molecule has 4 rings (SSSR count). The van der Waals surface area contributed by atoms with Gasteiger partial charge in [0.25, 0.3) is 0 Å². The van der Waals surface area contributed by atoms with E-state index >= 15 is 0 Å². The first-order chi connectivity index (χ1) is 12.3. The van der Waals surface area contributed by atoms with Gasteiger partial charge in [0.15, 0.2) is 0 Å². The van der Waals surface area contributed by atoms with Gasteiger partial charge in [-0.05, 0) is 24.3 Å². The number of aromatic amines is 1. The molecule has 0 unspecified atom stereocenters. The topological polar surface area (TPSA) is 71.1 Å². The summed E-state index contributed by atoms with van der Waals surface area (Å²) in [4.78, 5) is 26.2. The fraction of sp³-hybridized carbons (Fsp3) is 0.211. The van der Waals surface area contributed by atoms with E-state index in [1.807, 2.05) is 36.4 Å². The number of nitrogens with one attached hydrogen (secondary N) is 1. The van der Waals surface area contributed by atoms with E-state index in [4.69, 9.17) is 4.74 Å². The lowest BCUT2D eigenvalue weighted by atomic mass is 10.1. The second kappa shape index (κ2) is 6.39. The summed E-state index contributed by atoms with van der Waals surface area (Å²) in [5.41, 5.74) is 2.69. The van der Waals surface area contributed by atoms with E-state index < -0.39 is 0 Å². The van der Waals surface area contributed by atoms with Crippen molar-refractivity contribution in [2.45, 2.75) is 12.3 Å². The van der Waals surface area contributed by atoms with E-state index in [9.17, 15) is 4.79 Å². The fourth-order valence-corrected chi connectivity index (χ4v) is 3.19. The maximum absolute atomic E-state index is 12.5. The predicted molar refractivity (Wildman–Crippen MR) is 94.5 cm³/mol. The fourth-order valence-electron chi connectivity index (χ4n) is 3.19. The number of rotatable bonds is 4. The lowest BCUT2D eigenvalue weighted by Crippen LogP contribution is -2.24. The molecule has 1 aliphatic rings. The number of imidazole rings is 1. The predicted octanol–water partition coefficient (Wildman–Crippen LogP) is 3.00. The molecule has 1 saturated heterocycles. The van der Waals surface area contributed by atoms with Gasteiger partial charge in [0.2, 0.25) is 5.91 Å². The number of nitrogens with zero attached hydrogens (tertiary/aromatic N) is 3. The Morgan fingerprint density at radius 1 is 1.20 bits per heavy atom. The Bertz CT molecular complexity index is 891. The second-order valence-electron chi connectivity index (χ2n) is 6.00. The molecule has 6 heteroatoms. The maximum Gasteiger partial charge on any atom is 0.227 e. The zero-order chi connectivity index (χ0) is 17.2. The van der Waals surface area contributed by atoms with Crippen LogP contribution in [0.15, 0.2) is 55.0 Å². The molecule has 3 aromatic rings. The standard InChI is InChI=1S/C19H18N4O2/c1-25-17-7-3-2-6-16(17)23-12-14(9-18(23)24)19-21-11-15(22-19)13-5-4-8-20-10-13/h2-8,10-11,14H,9,12H2,1H3,(H,21,22)/t14-/m1/s1. The number of carbonyl (C=O) groups excluding carboxylic acids is 1. The molecule has 1 fully saturated rings. The summed E-state index contributed by atoms with van der Waals surface area (Å²) >= 11 is 0. The van der Waals surface area contributed by atoms with Gasteiger partial charge >= 0.3 is 0 Å². The summed E-state index contributed by atoms with van der Waals surface area (Å²) in [6.07, 6.45) is 5.75. The molecule has 1 amide bonds. The van der Waals surface area contributed by atoms with Gasteiger partial charge in [0.05, 0.1) is 24.7 Å². The van der Waals surface area contributed by atoms with E-state index in [-0.39, 0.29) is 11.8 Å². The summed E-state index contributed by atoms with van der Waals surface area (Å²) in [6.45, 7) is 0.583. The Morgan fingerprint density at radius 2 is 2.08 bits per heavy atom. The number of para-hydroxylation sites is 2. The normalized spacial score (nSPS) is 17.1. The minimum Gasteiger partial charge on any atom is -0.495 e. The molecule has 0 radical (unpaired) electrons. The largest absolute Gasteiger partial charge is 0.495 e. The van der Waals surface area contributed by atoms with E-state index in [1.54, 1.807) is 30.6 Å². The van der Waals surface area contributed by atoms with Crippen molar-refractivity contribution in [3.8, 4) is 17.0 Å². The van der Waals surface area contributed by atoms with Crippen molar-refractivity contribution in [3.05, 3.63) is 60.8 Å². The minimum absolute atomic E-state index is 0.0304. The number of carbonyl (C=O) groups is 1. The van der Waals surface area contributed by atoms with Gasteiger partial charge in [-0.25, -0.2) is 4.98 Å². The highest BCUT2D eigenvalue weighted by Crippen LogP contribution is 2.35. The van der Waals surface area contributed by atoms with Crippen molar-refractivity contribution >= 4 is 11.6 Å². The number of methoxy groups -OCH3 is 1. The third-order valence-electron chi connectivity index (χ3n) is 4.46. The summed E-state index contributed by atoms with van der Waals surface area (Å²) in [5.74, 6) is 1.63. The van der Waals surface area contributed by atoms with Gasteiger partial charge in [-0.3, -0.25) is 9.78 Å². The lowest BCUT2D eigenvalue weighted by molar-refractivity contribution is -0.117. The highest BCUT2D eigenvalue weighted by molar-refractivity contribution is 5.97. The van der Waals surface area contributed by atoms with Crippen LogP contribution in [0.2, 0.25) is 0 Å². The summed E-state index contributed by atoms with van der Waals surface area (Å²) in [7, 11) is 1.61. The maximum atomic E-state index is 12.5. The van der Waals surface area contributed by atoms with E-state index in [0.29, 0.717) is 18.7 Å². The van der Waals surface area contributed by atoms with Crippen molar-refractivity contribution in [2.24, 2.45) is 0 Å². The minimum atomic E-state index is 0.0304. The molecule has 1 aromatic carbocycles. The Kier molecular flexibility index (Phi) is 3.93. The first kappa shape index (κ1) is 15.4. The van der Waals surface area contributed by atoms with Crippen LogP contribution in [0.1, 0.15) is 18.2 Å². The van der Waals surface area contributed by atoms with Crippen LogP contribution < -0.4 is 9.64 Å². The molecule has 1 aliphatic heterocycles. The molecule has 0 bridgehead atoms. The van der Waals surface area contributed by atoms with Crippen molar-refractivity contribution in [3.63, 3.8) is 0 Å². The van der Waals surface area contributed by atoms with Gasteiger partial charge in [-0.15, -0.1) is 0 Å². The highest BCUT2D eigenvalue weighted by Gasteiger charge is 2.34. The second-order valence-corrected chi connectivity index (χ2v) is 6.00.